The fourth-order valence-electron chi connectivity index (χ4n) is 1.73. The van der Waals surface area contributed by atoms with Gasteiger partial charge >= 0.3 is 5.97 Å². The third-order valence-corrected chi connectivity index (χ3v) is 2.69. The first-order valence-electron chi connectivity index (χ1n) is 5.78. The second-order valence-electron chi connectivity index (χ2n) is 4.19. The van der Waals surface area contributed by atoms with Crippen LogP contribution in [0.2, 0.25) is 0 Å². The van der Waals surface area contributed by atoms with Crippen molar-refractivity contribution in [3.8, 4) is 0 Å². The van der Waals surface area contributed by atoms with Crippen molar-refractivity contribution >= 4 is 17.6 Å². The van der Waals surface area contributed by atoms with E-state index in [2.05, 4.69) is 10.4 Å². The van der Waals surface area contributed by atoms with Crippen molar-refractivity contribution in [2.45, 2.75) is 13.5 Å². The first-order chi connectivity index (χ1) is 9.47. The van der Waals surface area contributed by atoms with Crippen LogP contribution in [0.1, 0.15) is 16.1 Å². The number of anilines is 1. The molecule has 1 amide bonds. The molecule has 0 atom stereocenters. The molecule has 1 aromatic carbocycles. The van der Waals surface area contributed by atoms with Gasteiger partial charge in [-0.1, -0.05) is 0 Å². The van der Waals surface area contributed by atoms with Crippen LogP contribution in [0.25, 0.3) is 0 Å². The van der Waals surface area contributed by atoms with Gasteiger partial charge in [0.1, 0.15) is 18.1 Å². The van der Waals surface area contributed by atoms with Crippen molar-refractivity contribution in [3.63, 3.8) is 0 Å². The Hall–Kier alpha value is -2.70. The van der Waals surface area contributed by atoms with Gasteiger partial charge in [-0.05, 0) is 36.8 Å². The van der Waals surface area contributed by atoms with Crippen LogP contribution in [0, 0.1) is 12.7 Å². The summed E-state index contributed by atoms with van der Waals surface area (Å²) in [5, 5.41) is 15.3. The highest BCUT2D eigenvalue weighted by atomic mass is 19.1. The van der Waals surface area contributed by atoms with Crippen molar-refractivity contribution in [2.75, 3.05) is 5.32 Å². The summed E-state index contributed by atoms with van der Waals surface area (Å²) in [5.41, 5.74) is 0.980. The molecular weight excluding hydrogens is 265 g/mol. The number of carbonyl (C=O) groups is 2. The predicted octanol–water partition coefficient (Wildman–Crippen LogP) is 1.67. The number of rotatable bonds is 4. The van der Waals surface area contributed by atoms with Crippen molar-refractivity contribution < 1.29 is 19.1 Å². The number of nitrogens with one attached hydrogen (secondary N) is 1. The molecule has 0 unspecified atom stereocenters. The van der Waals surface area contributed by atoms with Gasteiger partial charge in [-0.15, -0.1) is 0 Å². The minimum Gasteiger partial charge on any atom is -0.477 e. The third kappa shape index (κ3) is 3.00. The summed E-state index contributed by atoms with van der Waals surface area (Å²) in [6.07, 6.45) is 1.31. The molecule has 6 nitrogen and oxygen atoms in total. The standard InChI is InChI=1S/C13H12FN3O3/c1-8-6-9(14)2-3-10(8)16-12(18)7-17-11(13(19)20)4-5-15-17/h2-6H,7H2,1H3,(H,16,18)(H,19,20). The summed E-state index contributed by atoms with van der Waals surface area (Å²) in [6, 6.07) is 5.29. The largest absolute Gasteiger partial charge is 0.477 e. The van der Waals surface area contributed by atoms with Crippen molar-refractivity contribution in [2.24, 2.45) is 0 Å². The van der Waals surface area contributed by atoms with Crippen LogP contribution in [-0.4, -0.2) is 26.8 Å². The normalized spacial score (nSPS) is 10.3. The molecule has 0 radical (unpaired) electrons. The Morgan fingerprint density at radius 1 is 1.40 bits per heavy atom. The zero-order valence-electron chi connectivity index (χ0n) is 10.6. The minimum absolute atomic E-state index is 0.0732. The van der Waals surface area contributed by atoms with Gasteiger partial charge in [0.25, 0.3) is 0 Å². The van der Waals surface area contributed by atoms with E-state index in [0.29, 0.717) is 11.3 Å². The molecule has 2 rings (SSSR count). The Kier molecular flexibility index (Phi) is 3.79. The lowest BCUT2D eigenvalue weighted by Gasteiger charge is -2.09. The molecule has 1 aromatic heterocycles. The van der Waals surface area contributed by atoms with Crippen LogP contribution >= 0.6 is 0 Å². The average molecular weight is 277 g/mol. The van der Waals surface area contributed by atoms with Gasteiger partial charge in [-0.3, -0.25) is 4.79 Å². The second-order valence-corrected chi connectivity index (χ2v) is 4.19. The van der Waals surface area contributed by atoms with E-state index >= 15 is 0 Å². The van der Waals surface area contributed by atoms with Crippen LogP contribution in [-0.2, 0) is 11.3 Å². The number of amides is 1. The van der Waals surface area contributed by atoms with E-state index in [9.17, 15) is 14.0 Å². The average Bonchev–Trinajstić information content (AvgIpc) is 2.81. The summed E-state index contributed by atoms with van der Waals surface area (Å²) in [6.45, 7) is 1.43. The molecule has 0 aliphatic carbocycles. The number of aromatic carboxylic acids is 1. The number of hydrogen-bond acceptors (Lipinski definition) is 3. The molecule has 2 N–H and O–H groups in total. The van der Waals surface area contributed by atoms with Crippen molar-refractivity contribution in [1.82, 2.24) is 9.78 Å². The maximum absolute atomic E-state index is 12.9. The molecule has 104 valence electrons. The molecule has 0 saturated carbocycles. The molecule has 0 fully saturated rings. The number of carboxylic acid groups (broad SMARTS) is 1. The van der Waals surface area contributed by atoms with Crippen LogP contribution in [0.15, 0.2) is 30.5 Å². The minimum atomic E-state index is -1.16. The van der Waals surface area contributed by atoms with E-state index in [4.69, 9.17) is 5.11 Å². The monoisotopic (exact) mass is 277 g/mol. The number of aromatic nitrogens is 2. The molecule has 0 aliphatic rings. The van der Waals surface area contributed by atoms with Crippen LogP contribution in [0.3, 0.4) is 0 Å². The zero-order valence-corrected chi connectivity index (χ0v) is 10.6. The Labute approximate surface area is 113 Å². The molecule has 0 aliphatic heterocycles. The fourth-order valence-corrected chi connectivity index (χ4v) is 1.73. The lowest BCUT2D eigenvalue weighted by molar-refractivity contribution is -0.116. The predicted molar refractivity (Wildman–Crippen MR) is 69.0 cm³/mol. The number of nitrogens with zero attached hydrogens (tertiary/aromatic N) is 2. The highest BCUT2D eigenvalue weighted by Gasteiger charge is 2.13. The number of halogens is 1. The van der Waals surface area contributed by atoms with Crippen LogP contribution < -0.4 is 5.32 Å². The lowest BCUT2D eigenvalue weighted by Crippen LogP contribution is -2.22. The summed E-state index contributed by atoms with van der Waals surface area (Å²) in [7, 11) is 0. The van der Waals surface area contributed by atoms with E-state index in [-0.39, 0.29) is 18.1 Å². The summed E-state index contributed by atoms with van der Waals surface area (Å²) in [5.74, 6) is -1.99. The van der Waals surface area contributed by atoms with Gasteiger partial charge in [0.05, 0.1) is 0 Å². The lowest BCUT2D eigenvalue weighted by atomic mass is 10.2. The first-order valence-corrected chi connectivity index (χ1v) is 5.78. The number of carboxylic acids is 1. The molecule has 1 heterocycles. The smallest absolute Gasteiger partial charge is 0.354 e. The molecule has 7 heteroatoms. The van der Waals surface area contributed by atoms with Gasteiger partial charge in [0.15, 0.2) is 0 Å². The van der Waals surface area contributed by atoms with Crippen molar-refractivity contribution in [1.29, 1.82) is 0 Å². The van der Waals surface area contributed by atoms with E-state index in [1.54, 1.807) is 6.92 Å². The van der Waals surface area contributed by atoms with Gasteiger partial charge in [0, 0.05) is 11.9 Å². The highest BCUT2D eigenvalue weighted by Crippen LogP contribution is 2.15. The molecule has 20 heavy (non-hydrogen) atoms. The highest BCUT2D eigenvalue weighted by molar-refractivity contribution is 5.92. The summed E-state index contributed by atoms with van der Waals surface area (Å²) >= 11 is 0. The Morgan fingerprint density at radius 2 is 2.15 bits per heavy atom. The van der Waals surface area contributed by atoms with Crippen molar-refractivity contribution in [3.05, 3.63) is 47.5 Å². The quantitative estimate of drug-likeness (QED) is 0.890. The van der Waals surface area contributed by atoms with E-state index < -0.39 is 11.9 Å². The maximum atomic E-state index is 12.9. The Morgan fingerprint density at radius 3 is 2.80 bits per heavy atom. The zero-order chi connectivity index (χ0) is 14.7. The number of carbonyl (C=O) groups excluding carboxylic acids is 1. The van der Waals surface area contributed by atoms with Gasteiger partial charge in [-0.25, -0.2) is 13.9 Å². The molecule has 0 bridgehead atoms. The molecule has 0 spiro atoms. The SMILES string of the molecule is Cc1cc(F)ccc1NC(=O)Cn1nccc1C(=O)O. The first kappa shape index (κ1) is 13.7. The van der Waals surface area contributed by atoms with Crippen LogP contribution in [0.5, 0.6) is 0 Å². The molecule has 0 saturated heterocycles. The van der Waals surface area contributed by atoms with Crippen LogP contribution in [0.4, 0.5) is 10.1 Å². The topological polar surface area (TPSA) is 84.2 Å². The summed E-state index contributed by atoms with van der Waals surface area (Å²) in [4.78, 5) is 22.7. The van der Waals surface area contributed by atoms with E-state index in [1.165, 1.54) is 30.5 Å². The number of hydrogen-bond donors (Lipinski definition) is 2. The van der Waals surface area contributed by atoms with Gasteiger partial charge < -0.3 is 10.4 Å². The Balaban J connectivity index is 2.09. The number of benzene rings is 1. The molecular formula is C13H12FN3O3. The Bertz CT molecular complexity index is 667. The van der Waals surface area contributed by atoms with Gasteiger partial charge in [-0.2, -0.15) is 5.10 Å². The maximum Gasteiger partial charge on any atom is 0.354 e. The number of aryl methyl sites for hydroxylation is 1. The fraction of sp³-hybridized carbons (Fsp3) is 0.154. The van der Waals surface area contributed by atoms with E-state index in [1.807, 2.05) is 0 Å². The summed E-state index contributed by atoms with van der Waals surface area (Å²) < 4.78 is 14.0. The molecule has 2 aromatic rings. The second kappa shape index (κ2) is 5.52. The van der Waals surface area contributed by atoms with E-state index in [0.717, 1.165) is 4.68 Å². The van der Waals surface area contributed by atoms with Gasteiger partial charge in [0.2, 0.25) is 5.91 Å². The third-order valence-electron chi connectivity index (χ3n) is 2.69.